The Morgan fingerprint density at radius 2 is 2.00 bits per heavy atom. The molecule has 128 valence electrons. The first-order valence-electron chi connectivity index (χ1n) is 8.89. The highest BCUT2D eigenvalue weighted by Crippen LogP contribution is 2.43. The minimum Gasteiger partial charge on any atom is -0.462 e. The second-order valence-corrected chi connectivity index (χ2v) is 7.64. The zero-order valence-electron chi connectivity index (χ0n) is 14.0. The number of aliphatic hydroxyl groups excluding tert-OH is 2. The van der Waals surface area contributed by atoms with Crippen molar-refractivity contribution >= 4 is 5.97 Å². The maximum absolute atomic E-state index is 11.5. The molecule has 0 saturated carbocycles. The zero-order valence-corrected chi connectivity index (χ0v) is 14.0. The van der Waals surface area contributed by atoms with E-state index in [9.17, 15) is 15.0 Å². The van der Waals surface area contributed by atoms with Gasteiger partial charge in [0, 0.05) is 12.3 Å². The van der Waals surface area contributed by atoms with Crippen LogP contribution in [0.5, 0.6) is 0 Å². The fourth-order valence-electron chi connectivity index (χ4n) is 4.55. The van der Waals surface area contributed by atoms with E-state index in [0.717, 1.165) is 19.3 Å². The predicted octanol–water partition coefficient (Wildman–Crippen LogP) is 2.60. The number of aliphatic hydroxyl groups is 2. The number of fused-ring (bicyclic) bond motifs is 1. The quantitative estimate of drug-likeness (QED) is 0.785. The number of carbonyl (C=O) groups is 1. The van der Waals surface area contributed by atoms with E-state index in [2.05, 4.69) is 32.1 Å². The Balaban J connectivity index is 1.67. The normalized spacial score (nSPS) is 43.6. The molecule has 4 nitrogen and oxygen atoms in total. The average Bonchev–Trinajstić information content (AvgIpc) is 2.45. The summed E-state index contributed by atoms with van der Waals surface area (Å²) in [4.78, 5) is 11.5. The van der Waals surface area contributed by atoms with Crippen LogP contribution in [0.25, 0.3) is 0 Å². The second-order valence-electron chi connectivity index (χ2n) is 7.64. The molecule has 2 N–H and O–H groups in total. The van der Waals surface area contributed by atoms with Gasteiger partial charge in [0.25, 0.3) is 0 Å². The van der Waals surface area contributed by atoms with Crippen molar-refractivity contribution in [2.24, 2.45) is 23.7 Å². The third kappa shape index (κ3) is 3.69. The molecule has 3 aliphatic rings. The van der Waals surface area contributed by atoms with Crippen LogP contribution in [0.1, 0.15) is 46.0 Å². The first-order chi connectivity index (χ1) is 10.9. The number of hydrogen-bond donors (Lipinski definition) is 2. The summed E-state index contributed by atoms with van der Waals surface area (Å²) in [6, 6.07) is 0. The van der Waals surface area contributed by atoms with E-state index in [0.29, 0.717) is 24.2 Å². The third-order valence-corrected chi connectivity index (χ3v) is 5.68. The van der Waals surface area contributed by atoms with Crippen LogP contribution in [0.2, 0.25) is 0 Å². The molecule has 1 aliphatic heterocycles. The summed E-state index contributed by atoms with van der Waals surface area (Å²) >= 11 is 0. The SMILES string of the molecule is C[C@H]1C=C2C=C[C@H](C)C(CCC3C[C@@H](O)CC(=O)O3)C2[C@@H](O)C1. The molecule has 23 heavy (non-hydrogen) atoms. The Bertz CT molecular complexity index is 509. The van der Waals surface area contributed by atoms with Gasteiger partial charge in [-0.05, 0) is 42.6 Å². The Labute approximate surface area is 138 Å². The highest BCUT2D eigenvalue weighted by atomic mass is 16.5. The molecule has 3 unspecified atom stereocenters. The van der Waals surface area contributed by atoms with E-state index in [-0.39, 0.29) is 30.5 Å². The summed E-state index contributed by atoms with van der Waals surface area (Å²) in [5.41, 5.74) is 1.26. The molecular weight excluding hydrogens is 292 g/mol. The van der Waals surface area contributed by atoms with Crippen LogP contribution in [0, 0.1) is 23.7 Å². The summed E-state index contributed by atoms with van der Waals surface area (Å²) in [6.07, 6.45) is 8.80. The van der Waals surface area contributed by atoms with Crippen molar-refractivity contribution < 1.29 is 19.7 Å². The molecule has 0 spiro atoms. The molecule has 4 heteroatoms. The van der Waals surface area contributed by atoms with Gasteiger partial charge in [-0.25, -0.2) is 0 Å². The lowest BCUT2D eigenvalue weighted by molar-refractivity contribution is -0.160. The van der Waals surface area contributed by atoms with E-state index in [1.807, 2.05) is 0 Å². The van der Waals surface area contributed by atoms with Crippen LogP contribution in [0.15, 0.2) is 23.8 Å². The monoisotopic (exact) mass is 320 g/mol. The van der Waals surface area contributed by atoms with Gasteiger partial charge in [0.15, 0.2) is 0 Å². The Morgan fingerprint density at radius 1 is 1.22 bits per heavy atom. The van der Waals surface area contributed by atoms with Gasteiger partial charge >= 0.3 is 5.97 Å². The van der Waals surface area contributed by atoms with E-state index >= 15 is 0 Å². The molecule has 1 heterocycles. The average molecular weight is 320 g/mol. The van der Waals surface area contributed by atoms with Gasteiger partial charge in [0.05, 0.1) is 18.6 Å². The van der Waals surface area contributed by atoms with Crippen LogP contribution in [-0.4, -0.2) is 34.5 Å². The molecule has 0 aromatic rings. The van der Waals surface area contributed by atoms with E-state index < -0.39 is 6.10 Å². The summed E-state index contributed by atoms with van der Waals surface area (Å²) < 4.78 is 5.37. The highest BCUT2D eigenvalue weighted by molar-refractivity contribution is 5.70. The number of rotatable bonds is 3. The summed E-state index contributed by atoms with van der Waals surface area (Å²) in [7, 11) is 0. The smallest absolute Gasteiger partial charge is 0.308 e. The highest BCUT2D eigenvalue weighted by Gasteiger charge is 2.39. The molecule has 7 atom stereocenters. The van der Waals surface area contributed by atoms with Gasteiger partial charge in [-0.15, -0.1) is 0 Å². The van der Waals surface area contributed by atoms with Gasteiger partial charge in [-0.1, -0.05) is 32.1 Å². The van der Waals surface area contributed by atoms with E-state index in [4.69, 9.17) is 4.74 Å². The summed E-state index contributed by atoms with van der Waals surface area (Å²) in [6.45, 7) is 4.35. The number of esters is 1. The molecule has 0 aromatic heterocycles. The van der Waals surface area contributed by atoms with Crippen LogP contribution < -0.4 is 0 Å². The Morgan fingerprint density at radius 3 is 2.74 bits per heavy atom. The van der Waals surface area contributed by atoms with Crippen LogP contribution >= 0.6 is 0 Å². The molecule has 2 aliphatic carbocycles. The fraction of sp³-hybridized carbons (Fsp3) is 0.737. The van der Waals surface area contributed by atoms with Crippen LogP contribution in [0.3, 0.4) is 0 Å². The van der Waals surface area contributed by atoms with Gasteiger partial charge in [0.2, 0.25) is 0 Å². The minimum atomic E-state index is -0.568. The molecule has 0 amide bonds. The lowest BCUT2D eigenvalue weighted by Crippen LogP contribution is -2.39. The standard InChI is InChI=1S/C19H28O4/c1-11-7-13-4-3-12(2)16(19(13)17(21)8-11)6-5-15-9-14(20)10-18(22)23-15/h3-4,7,11-12,14-17,19-21H,5-6,8-10H2,1-2H3/t11-,12-,14+,15?,16?,17-,19?/m0/s1. The molecule has 0 radical (unpaired) electrons. The zero-order chi connectivity index (χ0) is 16.6. The summed E-state index contributed by atoms with van der Waals surface area (Å²) in [5.74, 6) is 1.09. The predicted molar refractivity (Wildman–Crippen MR) is 87.5 cm³/mol. The molecule has 3 rings (SSSR count). The maximum Gasteiger partial charge on any atom is 0.308 e. The van der Waals surface area contributed by atoms with Crippen molar-refractivity contribution in [3.63, 3.8) is 0 Å². The molecule has 0 bridgehead atoms. The van der Waals surface area contributed by atoms with Gasteiger partial charge in [0.1, 0.15) is 6.10 Å². The minimum absolute atomic E-state index is 0.116. The number of carbonyl (C=O) groups excluding carboxylic acids is 1. The lowest BCUT2D eigenvalue weighted by Gasteiger charge is -2.42. The van der Waals surface area contributed by atoms with Gasteiger partial charge in [-0.2, -0.15) is 0 Å². The van der Waals surface area contributed by atoms with Crippen molar-refractivity contribution in [2.75, 3.05) is 0 Å². The van der Waals surface area contributed by atoms with E-state index in [1.165, 1.54) is 5.57 Å². The van der Waals surface area contributed by atoms with Crippen molar-refractivity contribution in [1.82, 2.24) is 0 Å². The molecule has 0 aromatic carbocycles. The molecule has 1 fully saturated rings. The number of allylic oxidation sites excluding steroid dienone is 3. The lowest BCUT2D eigenvalue weighted by atomic mass is 9.65. The Kier molecular flexibility index (Phi) is 4.93. The maximum atomic E-state index is 11.5. The Hall–Kier alpha value is -1.13. The van der Waals surface area contributed by atoms with Crippen molar-refractivity contribution in [2.45, 2.75) is 64.3 Å². The van der Waals surface area contributed by atoms with Gasteiger partial charge < -0.3 is 14.9 Å². The molecule has 1 saturated heterocycles. The number of ether oxygens (including phenoxy) is 1. The van der Waals surface area contributed by atoms with Crippen molar-refractivity contribution in [3.05, 3.63) is 23.8 Å². The topological polar surface area (TPSA) is 66.8 Å². The fourth-order valence-corrected chi connectivity index (χ4v) is 4.55. The first kappa shape index (κ1) is 16.7. The first-order valence-corrected chi connectivity index (χ1v) is 8.89. The molecular formula is C19H28O4. The van der Waals surface area contributed by atoms with E-state index in [1.54, 1.807) is 0 Å². The summed E-state index contributed by atoms with van der Waals surface area (Å²) in [5, 5.41) is 20.3. The third-order valence-electron chi connectivity index (χ3n) is 5.68. The largest absolute Gasteiger partial charge is 0.462 e. The second kappa shape index (κ2) is 6.78. The van der Waals surface area contributed by atoms with Crippen LogP contribution in [-0.2, 0) is 9.53 Å². The number of hydrogen-bond acceptors (Lipinski definition) is 4. The van der Waals surface area contributed by atoms with Crippen molar-refractivity contribution in [1.29, 1.82) is 0 Å². The van der Waals surface area contributed by atoms with Gasteiger partial charge in [-0.3, -0.25) is 4.79 Å². The van der Waals surface area contributed by atoms with Crippen LogP contribution in [0.4, 0.5) is 0 Å². The number of cyclic esters (lactones) is 1. The van der Waals surface area contributed by atoms with Crippen molar-refractivity contribution in [3.8, 4) is 0 Å².